The van der Waals surface area contributed by atoms with Crippen LogP contribution in [0.2, 0.25) is 4.34 Å². The lowest BCUT2D eigenvalue weighted by molar-refractivity contribution is -0.192. The molecule has 0 aliphatic carbocycles. The van der Waals surface area contributed by atoms with E-state index in [1.807, 2.05) is 0 Å². The summed E-state index contributed by atoms with van der Waals surface area (Å²) in [5, 5.41) is 9.84. The lowest BCUT2D eigenvalue weighted by Crippen LogP contribution is -2.29. The Balaban J connectivity index is 0.000000718. The molecule has 0 fully saturated rings. The third-order valence-electron chi connectivity index (χ3n) is 4.33. The number of carbonyl (C=O) groups excluding carboxylic acids is 3. The number of nitrogens with one attached hydrogen (secondary N) is 1. The van der Waals surface area contributed by atoms with Gasteiger partial charge < -0.3 is 21.1 Å². The summed E-state index contributed by atoms with van der Waals surface area (Å²) in [6.45, 7) is 2.89. The number of thiophene rings is 1. The van der Waals surface area contributed by atoms with Gasteiger partial charge in [0.05, 0.1) is 26.0 Å². The highest BCUT2D eigenvalue weighted by atomic mass is 35.5. The van der Waals surface area contributed by atoms with Crippen molar-refractivity contribution in [1.82, 2.24) is 4.90 Å². The van der Waals surface area contributed by atoms with Crippen LogP contribution in [0.15, 0.2) is 24.3 Å². The number of aldehydes is 1. The molecule has 0 bridgehead atoms. The maximum Gasteiger partial charge on any atom is 0.490 e. The van der Waals surface area contributed by atoms with Crippen molar-refractivity contribution in [2.75, 3.05) is 25.5 Å². The van der Waals surface area contributed by atoms with Crippen molar-refractivity contribution in [1.29, 1.82) is 0 Å². The number of benzene rings is 1. The Hall–Kier alpha value is -2.96. The lowest BCUT2D eigenvalue weighted by Gasteiger charge is -2.19. The lowest BCUT2D eigenvalue weighted by atomic mass is 10.0. The number of amides is 2. The van der Waals surface area contributed by atoms with Gasteiger partial charge in [-0.15, -0.1) is 11.3 Å². The van der Waals surface area contributed by atoms with Crippen LogP contribution in [-0.4, -0.2) is 60.4 Å². The van der Waals surface area contributed by atoms with Gasteiger partial charge in [-0.1, -0.05) is 17.7 Å². The molecular weight excluding hydrogens is 499 g/mol. The van der Waals surface area contributed by atoms with Crippen molar-refractivity contribution in [3.05, 3.63) is 50.2 Å². The molecule has 0 spiro atoms. The summed E-state index contributed by atoms with van der Waals surface area (Å²) in [4.78, 5) is 47.8. The van der Waals surface area contributed by atoms with Crippen molar-refractivity contribution in [2.45, 2.75) is 25.9 Å². The van der Waals surface area contributed by atoms with Gasteiger partial charge in [0.2, 0.25) is 0 Å². The number of rotatable bonds is 8. The topological polar surface area (TPSA) is 130 Å². The number of carboxylic acids is 1. The molecule has 0 radical (unpaired) electrons. The predicted octanol–water partition coefficient (Wildman–Crippen LogP) is 4.22. The molecule has 0 aliphatic rings. The minimum absolute atomic E-state index is 0.154. The van der Waals surface area contributed by atoms with Crippen molar-refractivity contribution >= 4 is 52.7 Å². The van der Waals surface area contributed by atoms with E-state index in [2.05, 4.69) is 5.32 Å². The molecule has 2 aromatic rings. The van der Waals surface area contributed by atoms with Gasteiger partial charge in [0.1, 0.15) is 0 Å². The van der Waals surface area contributed by atoms with E-state index in [-0.39, 0.29) is 22.9 Å². The Morgan fingerprint density at radius 3 is 2.35 bits per heavy atom. The Morgan fingerprint density at radius 1 is 1.26 bits per heavy atom. The summed E-state index contributed by atoms with van der Waals surface area (Å²) in [5.41, 5.74) is 6.92. The second-order valence-electron chi connectivity index (χ2n) is 6.93. The highest BCUT2D eigenvalue weighted by Gasteiger charge is 2.38. The predicted molar refractivity (Wildman–Crippen MR) is 123 cm³/mol. The molecule has 8 nitrogen and oxygen atoms in total. The molecule has 0 atom stereocenters. The average molecular weight is 522 g/mol. The van der Waals surface area contributed by atoms with Crippen LogP contribution in [0.3, 0.4) is 0 Å². The summed E-state index contributed by atoms with van der Waals surface area (Å²) in [7, 11) is 1.68. The fourth-order valence-electron chi connectivity index (χ4n) is 2.64. The highest BCUT2D eigenvalue weighted by molar-refractivity contribution is 7.18. The second-order valence-corrected chi connectivity index (χ2v) is 8.61. The van der Waals surface area contributed by atoms with Gasteiger partial charge >= 0.3 is 12.1 Å². The summed E-state index contributed by atoms with van der Waals surface area (Å²) < 4.78 is 32.2. The normalized spacial score (nSPS) is 10.7. The summed E-state index contributed by atoms with van der Waals surface area (Å²) >= 11 is 7.11. The van der Waals surface area contributed by atoms with Gasteiger partial charge in [0.25, 0.3) is 11.8 Å². The molecule has 1 aromatic heterocycles. The Morgan fingerprint density at radius 2 is 1.88 bits per heavy atom. The minimum Gasteiger partial charge on any atom is -0.475 e. The SMILES string of the molecule is Cc1cc(Cl)sc1C(=O)Nc1cccc(C(=O)N(C)CCCCN)c1C=O.O=C(O)C(F)(F)F. The summed E-state index contributed by atoms with van der Waals surface area (Å²) in [6, 6.07) is 6.52. The molecule has 0 saturated heterocycles. The number of hydrogen-bond donors (Lipinski definition) is 3. The first-order chi connectivity index (χ1) is 15.8. The van der Waals surface area contributed by atoms with Crippen molar-refractivity contribution < 1.29 is 37.5 Å². The number of anilines is 1. The number of unbranched alkanes of at least 4 members (excludes halogenated alkanes) is 1. The number of carboxylic acid groups (broad SMARTS) is 1. The van der Waals surface area contributed by atoms with Crippen LogP contribution in [0.1, 0.15) is 48.8 Å². The smallest absolute Gasteiger partial charge is 0.475 e. The maximum absolute atomic E-state index is 12.7. The van der Waals surface area contributed by atoms with Crippen molar-refractivity contribution in [2.24, 2.45) is 5.73 Å². The number of carbonyl (C=O) groups is 4. The zero-order valence-corrected chi connectivity index (χ0v) is 19.8. The Bertz CT molecular complexity index is 1040. The van der Waals surface area contributed by atoms with E-state index in [4.69, 9.17) is 27.2 Å². The fourth-order valence-corrected chi connectivity index (χ4v) is 3.83. The number of aryl methyl sites for hydroxylation is 1. The third kappa shape index (κ3) is 8.43. The molecular formula is C21H23ClF3N3O5S. The first-order valence-electron chi connectivity index (χ1n) is 9.74. The van der Waals surface area contributed by atoms with Crippen LogP contribution in [0.25, 0.3) is 0 Å². The second kappa shape index (κ2) is 13.1. The minimum atomic E-state index is -5.08. The zero-order chi connectivity index (χ0) is 26.1. The number of hydrogen-bond acceptors (Lipinski definition) is 6. The number of aliphatic carboxylic acids is 1. The molecule has 0 saturated carbocycles. The molecule has 4 N–H and O–H groups in total. The number of nitrogens with two attached hydrogens (primary N) is 1. The van der Waals surface area contributed by atoms with Crippen LogP contribution in [0.5, 0.6) is 0 Å². The first-order valence-corrected chi connectivity index (χ1v) is 10.9. The number of halogens is 4. The molecule has 2 amide bonds. The van der Waals surface area contributed by atoms with E-state index >= 15 is 0 Å². The van der Waals surface area contributed by atoms with Crippen LogP contribution in [0.4, 0.5) is 18.9 Å². The zero-order valence-electron chi connectivity index (χ0n) is 18.2. The molecule has 186 valence electrons. The number of nitrogens with zero attached hydrogens (tertiary/aromatic N) is 1. The third-order valence-corrected chi connectivity index (χ3v) is 5.70. The molecule has 2 rings (SSSR count). The maximum atomic E-state index is 12.7. The van der Waals surface area contributed by atoms with E-state index in [0.717, 1.165) is 29.7 Å². The Labute approximate surface area is 202 Å². The van der Waals surface area contributed by atoms with E-state index in [9.17, 15) is 27.6 Å². The van der Waals surface area contributed by atoms with Crippen molar-refractivity contribution in [3.8, 4) is 0 Å². The van der Waals surface area contributed by atoms with Crippen molar-refractivity contribution in [3.63, 3.8) is 0 Å². The van der Waals surface area contributed by atoms with E-state index in [1.165, 1.54) is 0 Å². The molecule has 0 aliphatic heterocycles. The van der Waals surface area contributed by atoms with Gasteiger partial charge in [0, 0.05) is 13.6 Å². The monoisotopic (exact) mass is 521 g/mol. The molecule has 1 heterocycles. The van der Waals surface area contributed by atoms with Crippen LogP contribution >= 0.6 is 22.9 Å². The van der Waals surface area contributed by atoms with Gasteiger partial charge in [-0.2, -0.15) is 13.2 Å². The average Bonchev–Trinajstić information content (AvgIpc) is 3.10. The summed E-state index contributed by atoms with van der Waals surface area (Å²) in [6.07, 6.45) is -2.90. The van der Waals surface area contributed by atoms with E-state index < -0.39 is 12.1 Å². The van der Waals surface area contributed by atoms with Crippen LogP contribution in [-0.2, 0) is 4.79 Å². The summed E-state index contributed by atoms with van der Waals surface area (Å²) in [5.74, 6) is -3.40. The molecule has 34 heavy (non-hydrogen) atoms. The van der Waals surface area contributed by atoms with Gasteiger partial charge in [-0.25, -0.2) is 4.79 Å². The largest absolute Gasteiger partial charge is 0.490 e. The quantitative estimate of drug-likeness (QED) is 0.352. The van der Waals surface area contributed by atoms with Crippen LogP contribution < -0.4 is 11.1 Å². The number of alkyl halides is 3. The molecule has 0 unspecified atom stereocenters. The first kappa shape index (κ1) is 29.1. The van der Waals surface area contributed by atoms with E-state index in [1.54, 1.807) is 43.1 Å². The fraction of sp³-hybridized carbons (Fsp3) is 0.333. The van der Waals surface area contributed by atoms with Crippen LogP contribution in [0, 0.1) is 6.92 Å². The highest BCUT2D eigenvalue weighted by Crippen LogP contribution is 2.28. The molecule has 13 heteroatoms. The van der Waals surface area contributed by atoms with Gasteiger partial charge in [-0.3, -0.25) is 14.4 Å². The standard InChI is InChI=1S/C19H22ClN3O3S.C2HF3O2/c1-12-10-16(20)27-17(12)18(25)22-15-7-5-6-13(14(15)11-24)19(26)23(2)9-4-3-8-21;3-2(4,5)1(6)7/h5-7,10-11H,3-4,8-9,21H2,1-2H3,(H,22,25);(H,6,7). The Kier molecular flexibility index (Phi) is 11.2. The van der Waals surface area contributed by atoms with Gasteiger partial charge in [-0.05, 0) is 50.1 Å². The van der Waals surface area contributed by atoms with Gasteiger partial charge in [0.15, 0.2) is 6.29 Å². The molecule has 1 aromatic carbocycles. The van der Waals surface area contributed by atoms with E-state index in [0.29, 0.717) is 34.3 Å².